The first-order valence-corrected chi connectivity index (χ1v) is 8.44. The Morgan fingerprint density at radius 1 is 1.16 bits per heavy atom. The van der Waals surface area contributed by atoms with E-state index in [1.807, 2.05) is 0 Å². The molecule has 0 spiro atoms. The van der Waals surface area contributed by atoms with Gasteiger partial charge in [0.25, 0.3) is 5.91 Å². The number of ether oxygens (including phenoxy) is 1. The minimum absolute atomic E-state index is 0.0503. The van der Waals surface area contributed by atoms with E-state index in [0.717, 1.165) is 5.69 Å². The normalized spacial score (nSPS) is 16.8. The molecule has 0 radical (unpaired) electrons. The summed E-state index contributed by atoms with van der Waals surface area (Å²) >= 11 is 11.8. The minimum Gasteiger partial charge on any atom is -0.496 e. The Labute approximate surface area is 155 Å². The smallest absolute Gasteiger partial charge is 0.255 e. The lowest BCUT2D eigenvalue weighted by molar-refractivity contribution is -0.117. The van der Waals surface area contributed by atoms with Crippen LogP contribution in [0.3, 0.4) is 0 Å². The SMILES string of the molecule is COc1ccc(Cl)cc1C(=O)N[C@@H]1CC(=O)N(c2ccc(Cl)cc2)C1. The third-order valence-electron chi connectivity index (χ3n) is 4.00. The molecule has 1 saturated heterocycles. The average molecular weight is 379 g/mol. The molecule has 0 saturated carbocycles. The van der Waals surface area contributed by atoms with Gasteiger partial charge in [-0.1, -0.05) is 23.2 Å². The third-order valence-corrected chi connectivity index (χ3v) is 4.49. The van der Waals surface area contributed by atoms with Crippen molar-refractivity contribution in [2.24, 2.45) is 0 Å². The molecular weight excluding hydrogens is 363 g/mol. The summed E-state index contributed by atoms with van der Waals surface area (Å²) in [6.45, 7) is 0.398. The van der Waals surface area contributed by atoms with E-state index in [9.17, 15) is 9.59 Å². The van der Waals surface area contributed by atoms with E-state index in [2.05, 4.69) is 5.32 Å². The van der Waals surface area contributed by atoms with E-state index in [1.54, 1.807) is 47.4 Å². The number of anilines is 1. The molecule has 1 heterocycles. The van der Waals surface area contributed by atoms with Gasteiger partial charge < -0.3 is 15.0 Å². The van der Waals surface area contributed by atoms with Crippen molar-refractivity contribution in [2.75, 3.05) is 18.6 Å². The summed E-state index contributed by atoms with van der Waals surface area (Å²) < 4.78 is 5.20. The number of hydrogen-bond donors (Lipinski definition) is 1. The summed E-state index contributed by atoms with van der Waals surface area (Å²) in [6.07, 6.45) is 0.233. The van der Waals surface area contributed by atoms with E-state index in [1.165, 1.54) is 7.11 Å². The van der Waals surface area contributed by atoms with Crippen molar-refractivity contribution in [3.05, 3.63) is 58.1 Å². The number of carbonyl (C=O) groups is 2. The van der Waals surface area contributed by atoms with E-state index in [-0.39, 0.29) is 24.3 Å². The van der Waals surface area contributed by atoms with Gasteiger partial charge in [0.15, 0.2) is 0 Å². The van der Waals surface area contributed by atoms with Crippen LogP contribution in [-0.4, -0.2) is 31.5 Å². The molecule has 1 fully saturated rings. The second-order valence-electron chi connectivity index (χ2n) is 5.70. The van der Waals surface area contributed by atoms with Gasteiger partial charge in [-0.15, -0.1) is 0 Å². The highest BCUT2D eigenvalue weighted by Crippen LogP contribution is 2.25. The van der Waals surface area contributed by atoms with Crippen molar-refractivity contribution in [1.82, 2.24) is 5.32 Å². The number of methoxy groups -OCH3 is 1. The molecule has 25 heavy (non-hydrogen) atoms. The fourth-order valence-electron chi connectivity index (χ4n) is 2.80. The molecule has 2 amide bonds. The summed E-state index contributed by atoms with van der Waals surface area (Å²) in [7, 11) is 1.49. The molecular formula is C18H16Cl2N2O3. The van der Waals surface area contributed by atoms with Gasteiger partial charge >= 0.3 is 0 Å². The summed E-state index contributed by atoms with van der Waals surface area (Å²) in [6, 6.07) is 11.6. The van der Waals surface area contributed by atoms with Crippen molar-refractivity contribution in [2.45, 2.75) is 12.5 Å². The molecule has 130 valence electrons. The number of nitrogens with zero attached hydrogens (tertiary/aromatic N) is 1. The highest BCUT2D eigenvalue weighted by atomic mass is 35.5. The van der Waals surface area contributed by atoms with Crippen molar-refractivity contribution in [3.8, 4) is 5.75 Å². The predicted octanol–water partition coefficient (Wildman–Crippen LogP) is 3.54. The van der Waals surface area contributed by atoms with Crippen molar-refractivity contribution >= 4 is 40.7 Å². The lowest BCUT2D eigenvalue weighted by atomic mass is 10.1. The molecule has 1 aliphatic heterocycles. The average Bonchev–Trinajstić information content (AvgIpc) is 2.95. The summed E-state index contributed by atoms with van der Waals surface area (Å²) in [5.74, 6) is 0.0570. The molecule has 1 atom stereocenters. The Balaban J connectivity index is 1.72. The summed E-state index contributed by atoms with van der Waals surface area (Å²) in [4.78, 5) is 26.4. The Bertz CT molecular complexity index is 808. The first-order valence-electron chi connectivity index (χ1n) is 7.68. The van der Waals surface area contributed by atoms with E-state index in [0.29, 0.717) is 27.9 Å². The molecule has 0 unspecified atom stereocenters. The lowest BCUT2D eigenvalue weighted by Gasteiger charge is -2.18. The Morgan fingerprint density at radius 3 is 2.52 bits per heavy atom. The van der Waals surface area contributed by atoms with Gasteiger partial charge in [-0.3, -0.25) is 9.59 Å². The highest BCUT2D eigenvalue weighted by Gasteiger charge is 2.32. The van der Waals surface area contributed by atoms with Gasteiger partial charge in [0.1, 0.15) is 5.75 Å². The maximum Gasteiger partial charge on any atom is 0.255 e. The van der Waals surface area contributed by atoms with Gasteiger partial charge in [-0.05, 0) is 42.5 Å². The van der Waals surface area contributed by atoms with Crippen LogP contribution in [0.4, 0.5) is 5.69 Å². The number of rotatable bonds is 4. The van der Waals surface area contributed by atoms with Crippen LogP contribution in [0.5, 0.6) is 5.75 Å². The molecule has 0 bridgehead atoms. The predicted molar refractivity (Wildman–Crippen MR) is 97.7 cm³/mol. The topological polar surface area (TPSA) is 58.6 Å². The van der Waals surface area contributed by atoms with E-state index in [4.69, 9.17) is 27.9 Å². The van der Waals surface area contributed by atoms with Crippen LogP contribution in [0.25, 0.3) is 0 Å². The van der Waals surface area contributed by atoms with E-state index < -0.39 is 0 Å². The fourth-order valence-corrected chi connectivity index (χ4v) is 3.09. The quantitative estimate of drug-likeness (QED) is 0.884. The zero-order valence-corrected chi connectivity index (χ0v) is 15.0. The van der Waals surface area contributed by atoms with Gasteiger partial charge in [-0.25, -0.2) is 0 Å². The third kappa shape index (κ3) is 3.89. The molecule has 7 heteroatoms. The molecule has 0 aliphatic carbocycles. The largest absolute Gasteiger partial charge is 0.496 e. The number of amides is 2. The number of nitrogens with one attached hydrogen (secondary N) is 1. The fraction of sp³-hybridized carbons (Fsp3) is 0.222. The number of halogens is 2. The summed E-state index contributed by atoms with van der Waals surface area (Å²) in [5, 5.41) is 3.92. The molecule has 1 N–H and O–H groups in total. The molecule has 5 nitrogen and oxygen atoms in total. The summed E-state index contributed by atoms with van der Waals surface area (Å²) in [5.41, 5.74) is 1.10. The van der Waals surface area contributed by atoms with Crippen molar-refractivity contribution in [1.29, 1.82) is 0 Å². The van der Waals surface area contributed by atoms with Crippen LogP contribution >= 0.6 is 23.2 Å². The Hall–Kier alpha value is -2.24. The first-order chi connectivity index (χ1) is 12.0. The number of hydrogen-bond acceptors (Lipinski definition) is 3. The minimum atomic E-state index is -0.324. The lowest BCUT2D eigenvalue weighted by Crippen LogP contribution is -2.37. The van der Waals surface area contributed by atoms with Gasteiger partial charge in [0.05, 0.1) is 18.7 Å². The molecule has 2 aromatic carbocycles. The zero-order valence-electron chi connectivity index (χ0n) is 13.5. The van der Waals surface area contributed by atoms with Crippen molar-refractivity contribution in [3.63, 3.8) is 0 Å². The van der Waals surface area contributed by atoms with Crippen LogP contribution in [0, 0.1) is 0 Å². The second-order valence-corrected chi connectivity index (χ2v) is 6.57. The van der Waals surface area contributed by atoms with Crippen LogP contribution in [0.15, 0.2) is 42.5 Å². The molecule has 1 aliphatic rings. The van der Waals surface area contributed by atoms with Gasteiger partial charge in [-0.2, -0.15) is 0 Å². The molecule has 2 aromatic rings. The second kappa shape index (κ2) is 7.33. The maximum absolute atomic E-state index is 12.5. The Kier molecular flexibility index (Phi) is 5.16. The van der Waals surface area contributed by atoms with Crippen LogP contribution in [0.1, 0.15) is 16.8 Å². The van der Waals surface area contributed by atoms with Crippen LogP contribution in [-0.2, 0) is 4.79 Å². The standard InChI is InChI=1S/C18H16Cl2N2O3/c1-25-16-7-4-12(20)8-15(16)18(24)21-13-9-17(23)22(10-13)14-5-2-11(19)3-6-14/h2-8,13H,9-10H2,1H3,(H,21,24)/t13-/m1/s1. The van der Waals surface area contributed by atoms with Crippen molar-refractivity contribution < 1.29 is 14.3 Å². The molecule has 3 rings (SSSR count). The highest BCUT2D eigenvalue weighted by molar-refractivity contribution is 6.31. The zero-order chi connectivity index (χ0) is 18.0. The van der Waals surface area contributed by atoms with E-state index >= 15 is 0 Å². The first kappa shape index (κ1) is 17.6. The Morgan fingerprint density at radius 2 is 1.84 bits per heavy atom. The van der Waals surface area contributed by atoms with Gasteiger partial charge in [0.2, 0.25) is 5.91 Å². The van der Waals surface area contributed by atoms with Crippen LogP contribution < -0.4 is 15.0 Å². The maximum atomic E-state index is 12.5. The van der Waals surface area contributed by atoms with Gasteiger partial charge in [0, 0.05) is 28.7 Å². The molecule has 0 aromatic heterocycles. The van der Waals surface area contributed by atoms with Crippen LogP contribution in [0.2, 0.25) is 10.0 Å². The number of benzene rings is 2. The monoisotopic (exact) mass is 378 g/mol. The number of carbonyl (C=O) groups excluding carboxylic acids is 2.